The van der Waals surface area contributed by atoms with Crippen molar-refractivity contribution in [3.8, 4) is 11.5 Å². The Labute approximate surface area is 136 Å². The number of hydrogen-bond acceptors (Lipinski definition) is 3. The van der Waals surface area contributed by atoms with E-state index >= 15 is 0 Å². The van der Waals surface area contributed by atoms with Crippen LogP contribution in [-0.4, -0.2) is 25.2 Å². The molecule has 0 aromatic heterocycles. The number of rotatable bonds is 4. The Balaban J connectivity index is 1.77. The summed E-state index contributed by atoms with van der Waals surface area (Å²) in [6, 6.07) is 15.5. The minimum Gasteiger partial charge on any atom is -0.497 e. The van der Waals surface area contributed by atoms with Crippen LogP contribution in [0.2, 0.25) is 0 Å². The van der Waals surface area contributed by atoms with Crippen molar-refractivity contribution in [3.05, 3.63) is 54.1 Å². The van der Waals surface area contributed by atoms with Crippen molar-refractivity contribution in [2.75, 3.05) is 12.0 Å². The Morgan fingerprint density at radius 2 is 1.91 bits per heavy atom. The summed E-state index contributed by atoms with van der Waals surface area (Å²) in [7, 11) is 1.61. The quantitative estimate of drug-likeness (QED) is 0.868. The highest BCUT2D eigenvalue weighted by Gasteiger charge is 2.33. The monoisotopic (exact) mass is 311 g/mol. The number of carbonyl (C=O) groups is 1. The second-order valence-corrected chi connectivity index (χ2v) is 5.83. The molecule has 0 aliphatic carbocycles. The molecule has 4 nitrogen and oxygen atoms in total. The van der Waals surface area contributed by atoms with Gasteiger partial charge in [-0.15, -0.1) is 0 Å². The van der Waals surface area contributed by atoms with Crippen molar-refractivity contribution < 1.29 is 14.3 Å². The van der Waals surface area contributed by atoms with Gasteiger partial charge < -0.3 is 14.4 Å². The maximum Gasteiger partial charge on any atom is 0.268 e. The van der Waals surface area contributed by atoms with E-state index in [1.165, 1.54) is 5.56 Å². The Hall–Kier alpha value is -2.49. The van der Waals surface area contributed by atoms with E-state index in [1.807, 2.05) is 41.3 Å². The third-order valence-corrected chi connectivity index (χ3v) is 4.15. The number of carbonyl (C=O) groups excluding carboxylic acids is 1. The number of fused-ring (bicyclic) bond motifs is 1. The first-order valence-corrected chi connectivity index (χ1v) is 7.82. The van der Waals surface area contributed by atoms with E-state index in [0.29, 0.717) is 11.5 Å². The Morgan fingerprint density at radius 3 is 2.70 bits per heavy atom. The molecular weight excluding hydrogens is 290 g/mol. The average Bonchev–Trinajstić information content (AvgIpc) is 2.90. The summed E-state index contributed by atoms with van der Waals surface area (Å²) in [6.45, 7) is 3.85. The van der Waals surface area contributed by atoms with Gasteiger partial charge >= 0.3 is 0 Å². The summed E-state index contributed by atoms with van der Waals surface area (Å²) in [5.74, 6) is 1.32. The molecule has 23 heavy (non-hydrogen) atoms. The summed E-state index contributed by atoms with van der Waals surface area (Å²) in [5, 5.41) is 0. The van der Waals surface area contributed by atoms with Crippen LogP contribution in [0.1, 0.15) is 19.4 Å². The number of ether oxygens (including phenoxy) is 2. The smallest absolute Gasteiger partial charge is 0.268 e. The minimum absolute atomic E-state index is 0.0229. The average molecular weight is 311 g/mol. The van der Waals surface area contributed by atoms with Crippen LogP contribution >= 0.6 is 0 Å². The van der Waals surface area contributed by atoms with Crippen molar-refractivity contribution >= 4 is 11.6 Å². The van der Waals surface area contributed by atoms with Gasteiger partial charge in [0.1, 0.15) is 11.5 Å². The number of nitrogens with zero attached hydrogens (tertiary/aromatic N) is 1. The van der Waals surface area contributed by atoms with E-state index in [4.69, 9.17) is 9.47 Å². The summed E-state index contributed by atoms with van der Waals surface area (Å²) >= 11 is 0. The largest absolute Gasteiger partial charge is 0.497 e. The molecule has 3 rings (SSSR count). The van der Waals surface area contributed by atoms with E-state index in [9.17, 15) is 4.79 Å². The number of methoxy groups -OCH3 is 1. The SMILES string of the molecule is COc1cccc(O[C@H](C)C(=O)N2c3ccccc3C[C@@H]2C)c1. The zero-order valence-corrected chi connectivity index (χ0v) is 13.7. The topological polar surface area (TPSA) is 38.8 Å². The van der Waals surface area contributed by atoms with Gasteiger partial charge in [-0.3, -0.25) is 4.79 Å². The number of para-hydroxylation sites is 1. The third kappa shape index (κ3) is 3.02. The first-order valence-electron chi connectivity index (χ1n) is 7.82. The lowest BCUT2D eigenvalue weighted by molar-refractivity contribution is -0.124. The van der Waals surface area contributed by atoms with E-state index in [2.05, 4.69) is 13.0 Å². The minimum atomic E-state index is -0.560. The fraction of sp³-hybridized carbons (Fsp3) is 0.316. The van der Waals surface area contributed by atoms with Gasteiger partial charge in [0.15, 0.2) is 6.10 Å². The third-order valence-electron chi connectivity index (χ3n) is 4.15. The van der Waals surface area contributed by atoms with Crippen LogP contribution in [0, 0.1) is 0 Å². The molecule has 2 aromatic carbocycles. The molecule has 0 spiro atoms. The van der Waals surface area contributed by atoms with Crippen LogP contribution in [0.25, 0.3) is 0 Å². The molecule has 0 radical (unpaired) electrons. The van der Waals surface area contributed by atoms with Crippen molar-refractivity contribution in [1.29, 1.82) is 0 Å². The number of benzene rings is 2. The molecule has 2 atom stereocenters. The summed E-state index contributed by atoms with van der Waals surface area (Å²) in [6.07, 6.45) is 0.323. The molecule has 2 aromatic rings. The first kappa shape index (κ1) is 15.4. The number of amides is 1. The van der Waals surface area contributed by atoms with Crippen LogP contribution in [0.5, 0.6) is 11.5 Å². The molecular formula is C19H21NO3. The zero-order chi connectivity index (χ0) is 16.4. The van der Waals surface area contributed by atoms with E-state index < -0.39 is 6.10 Å². The predicted octanol–water partition coefficient (Wildman–Crippen LogP) is 3.44. The summed E-state index contributed by atoms with van der Waals surface area (Å²) in [4.78, 5) is 14.7. The number of anilines is 1. The van der Waals surface area contributed by atoms with Gasteiger partial charge in [0.05, 0.1) is 7.11 Å². The lowest BCUT2D eigenvalue weighted by atomic mass is 10.1. The van der Waals surface area contributed by atoms with Crippen molar-refractivity contribution in [1.82, 2.24) is 0 Å². The number of hydrogen-bond donors (Lipinski definition) is 0. The second kappa shape index (κ2) is 6.32. The van der Waals surface area contributed by atoms with Crippen LogP contribution in [0.15, 0.2) is 48.5 Å². The lowest BCUT2D eigenvalue weighted by Gasteiger charge is -2.26. The molecule has 4 heteroatoms. The first-order chi connectivity index (χ1) is 11.1. The molecule has 0 bridgehead atoms. The van der Waals surface area contributed by atoms with Gasteiger partial charge in [0.25, 0.3) is 5.91 Å². The normalized spacial score (nSPS) is 17.5. The summed E-state index contributed by atoms with van der Waals surface area (Å²) in [5.41, 5.74) is 2.20. The standard InChI is InChI=1S/C19H21NO3/c1-13-11-15-7-4-5-10-18(15)20(13)19(21)14(2)23-17-9-6-8-16(12-17)22-3/h4-10,12-14H,11H2,1-3H3/t13-,14+/m0/s1. The van der Waals surface area contributed by atoms with Gasteiger partial charge in [0, 0.05) is 17.8 Å². The van der Waals surface area contributed by atoms with Crippen molar-refractivity contribution in [3.63, 3.8) is 0 Å². The van der Waals surface area contributed by atoms with E-state index in [-0.39, 0.29) is 11.9 Å². The van der Waals surface area contributed by atoms with Crippen molar-refractivity contribution in [2.24, 2.45) is 0 Å². The van der Waals surface area contributed by atoms with Gasteiger partial charge in [0.2, 0.25) is 0 Å². The van der Waals surface area contributed by atoms with Crippen LogP contribution in [0.3, 0.4) is 0 Å². The Morgan fingerprint density at radius 1 is 1.17 bits per heavy atom. The van der Waals surface area contributed by atoms with E-state index in [1.54, 1.807) is 20.1 Å². The highest BCUT2D eigenvalue weighted by molar-refractivity contribution is 5.99. The highest BCUT2D eigenvalue weighted by Crippen LogP contribution is 2.32. The second-order valence-electron chi connectivity index (χ2n) is 5.83. The van der Waals surface area contributed by atoms with Crippen LogP contribution in [0.4, 0.5) is 5.69 Å². The molecule has 0 saturated heterocycles. The van der Waals surface area contributed by atoms with Gasteiger partial charge in [-0.25, -0.2) is 0 Å². The maximum absolute atomic E-state index is 12.8. The molecule has 0 N–H and O–H groups in total. The molecule has 0 saturated carbocycles. The molecule has 0 fully saturated rings. The maximum atomic E-state index is 12.8. The van der Waals surface area contributed by atoms with Crippen molar-refractivity contribution in [2.45, 2.75) is 32.4 Å². The van der Waals surface area contributed by atoms with Crippen LogP contribution < -0.4 is 14.4 Å². The molecule has 120 valence electrons. The molecule has 1 aliphatic rings. The molecule has 1 heterocycles. The molecule has 1 amide bonds. The Bertz CT molecular complexity index is 713. The fourth-order valence-corrected chi connectivity index (χ4v) is 3.03. The lowest BCUT2D eigenvalue weighted by Crippen LogP contribution is -2.43. The zero-order valence-electron chi connectivity index (χ0n) is 13.7. The molecule has 0 unspecified atom stereocenters. The molecule has 1 aliphatic heterocycles. The van der Waals surface area contributed by atoms with Gasteiger partial charge in [-0.2, -0.15) is 0 Å². The van der Waals surface area contributed by atoms with Gasteiger partial charge in [-0.05, 0) is 44.0 Å². The summed E-state index contributed by atoms with van der Waals surface area (Å²) < 4.78 is 11.0. The van der Waals surface area contributed by atoms with Crippen LogP contribution in [-0.2, 0) is 11.2 Å². The predicted molar refractivity (Wildman–Crippen MR) is 90.2 cm³/mol. The fourth-order valence-electron chi connectivity index (χ4n) is 3.03. The Kier molecular flexibility index (Phi) is 4.24. The highest BCUT2D eigenvalue weighted by atomic mass is 16.5. The van der Waals surface area contributed by atoms with Gasteiger partial charge in [-0.1, -0.05) is 24.3 Å². The van der Waals surface area contributed by atoms with E-state index in [0.717, 1.165) is 12.1 Å².